The highest BCUT2D eigenvalue weighted by Gasteiger charge is 2.55. The molecule has 2 rings (SSSR count). The zero-order valence-corrected chi connectivity index (χ0v) is 13.6. The normalized spacial score (nSPS) is 29.6. The number of alkyl carbamates (subject to hydrolysis) is 1. The van der Waals surface area contributed by atoms with Crippen LogP contribution in [0.15, 0.2) is 11.6 Å². The Hall–Kier alpha value is -2.05. The molecule has 4 atom stereocenters. The number of carbonyl (C=O) groups is 3. The van der Waals surface area contributed by atoms with E-state index in [2.05, 4.69) is 11.4 Å². The van der Waals surface area contributed by atoms with Gasteiger partial charge in [-0.3, -0.25) is 9.59 Å². The largest absolute Gasteiger partial charge is 0.481 e. The SMILES string of the molecule is CC(=O)O[C@@H](C)OC(=O)NC[C@]1(CC(=O)O)C[C@H]2CC(C)=C[C@H]21. The minimum atomic E-state index is -0.981. The van der Waals surface area contributed by atoms with Crippen LogP contribution in [0.5, 0.6) is 0 Å². The number of fused-ring (bicyclic) bond motifs is 1. The predicted molar refractivity (Wildman–Crippen MR) is 80.4 cm³/mol. The molecule has 0 aromatic rings. The van der Waals surface area contributed by atoms with E-state index in [1.54, 1.807) is 0 Å². The highest BCUT2D eigenvalue weighted by atomic mass is 16.7. The van der Waals surface area contributed by atoms with Crippen molar-refractivity contribution in [1.29, 1.82) is 0 Å². The third kappa shape index (κ3) is 4.03. The summed E-state index contributed by atoms with van der Waals surface area (Å²) in [6.07, 6.45) is 2.22. The van der Waals surface area contributed by atoms with E-state index in [9.17, 15) is 19.5 Å². The fourth-order valence-electron chi connectivity index (χ4n) is 3.87. The van der Waals surface area contributed by atoms with Crippen LogP contribution in [-0.4, -0.2) is 36.0 Å². The molecular formula is C16H23NO6. The van der Waals surface area contributed by atoms with Crippen molar-refractivity contribution in [2.75, 3.05) is 6.54 Å². The van der Waals surface area contributed by atoms with E-state index < -0.39 is 29.7 Å². The topological polar surface area (TPSA) is 102 Å². The summed E-state index contributed by atoms with van der Waals surface area (Å²) >= 11 is 0. The number of esters is 1. The molecule has 23 heavy (non-hydrogen) atoms. The minimum Gasteiger partial charge on any atom is -0.481 e. The third-order valence-electron chi connectivity index (χ3n) is 4.62. The van der Waals surface area contributed by atoms with Crippen LogP contribution in [0.4, 0.5) is 4.79 Å². The van der Waals surface area contributed by atoms with Gasteiger partial charge in [0.25, 0.3) is 0 Å². The maximum absolute atomic E-state index is 11.8. The monoisotopic (exact) mass is 325 g/mol. The van der Waals surface area contributed by atoms with Gasteiger partial charge in [0.1, 0.15) is 0 Å². The Balaban J connectivity index is 1.91. The van der Waals surface area contributed by atoms with Crippen molar-refractivity contribution in [3.8, 4) is 0 Å². The summed E-state index contributed by atoms with van der Waals surface area (Å²) < 4.78 is 9.62. The molecule has 0 saturated heterocycles. The summed E-state index contributed by atoms with van der Waals surface area (Å²) in [6.45, 7) is 4.95. The number of carbonyl (C=O) groups excluding carboxylic acids is 2. The second-order valence-corrected chi connectivity index (χ2v) is 6.58. The second kappa shape index (κ2) is 6.60. The van der Waals surface area contributed by atoms with Gasteiger partial charge in [-0.1, -0.05) is 11.6 Å². The van der Waals surface area contributed by atoms with Crippen molar-refractivity contribution in [1.82, 2.24) is 5.32 Å². The number of hydrogen-bond acceptors (Lipinski definition) is 5. The molecule has 1 fully saturated rings. The average molecular weight is 325 g/mol. The molecule has 0 aromatic heterocycles. The van der Waals surface area contributed by atoms with Crippen molar-refractivity contribution in [3.63, 3.8) is 0 Å². The Morgan fingerprint density at radius 3 is 2.70 bits per heavy atom. The van der Waals surface area contributed by atoms with Crippen LogP contribution in [0.2, 0.25) is 0 Å². The number of hydrogen-bond donors (Lipinski definition) is 2. The van der Waals surface area contributed by atoms with Gasteiger partial charge in [-0.15, -0.1) is 0 Å². The first-order valence-corrected chi connectivity index (χ1v) is 7.72. The Morgan fingerprint density at radius 1 is 1.43 bits per heavy atom. The smallest absolute Gasteiger partial charge is 0.410 e. The van der Waals surface area contributed by atoms with Crippen LogP contribution >= 0.6 is 0 Å². The summed E-state index contributed by atoms with van der Waals surface area (Å²) in [5, 5.41) is 11.8. The number of rotatable bonds is 6. The molecule has 1 saturated carbocycles. The van der Waals surface area contributed by atoms with Crippen molar-refractivity contribution in [2.45, 2.75) is 46.3 Å². The van der Waals surface area contributed by atoms with E-state index in [1.165, 1.54) is 19.4 Å². The highest BCUT2D eigenvalue weighted by molar-refractivity contribution is 5.70. The molecule has 0 bridgehead atoms. The van der Waals surface area contributed by atoms with E-state index in [0.29, 0.717) is 5.92 Å². The maximum atomic E-state index is 11.8. The number of carboxylic acid groups (broad SMARTS) is 1. The molecule has 1 amide bonds. The van der Waals surface area contributed by atoms with Gasteiger partial charge in [0.15, 0.2) is 0 Å². The van der Waals surface area contributed by atoms with Crippen LogP contribution in [0.3, 0.4) is 0 Å². The summed E-state index contributed by atoms with van der Waals surface area (Å²) in [4.78, 5) is 33.8. The molecule has 2 N–H and O–H groups in total. The van der Waals surface area contributed by atoms with Crippen molar-refractivity contribution in [2.24, 2.45) is 17.3 Å². The number of amides is 1. The number of ether oxygens (including phenoxy) is 2. The number of aliphatic carboxylic acids is 1. The Labute approximate surface area is 135 Å². The van der Waals surface area contributed by atoms with Gasteiger partial charge >= 0.3 is 18.0 Å². The van der Waals surface area contributed by atoms with E-state index in [0.717, 1.165) is 12.8 Å². The summed E-state index contributed by atoms with van der Waals surface area (Å²) in [6, 6.07) is 0. The molecule has 0 spiro atoms. The number of allylic oxidation sites excluding steroid dienone is 2. The summed E-state index contributed by atoms with van der Waals surface area (Å²) in [7, 11) is 0. The van der Waals surface area contributed by atoms with Gasteiger partial charge in [-0.25, -0.2) is 4.79 Å². The second-order valence-electron chi connectivity index (χ2n) is 6.58. The lowest BCUT2D eigenvalue weighted by molar-refractivity contribution is -0.162. The fraction of sp³-hybridized carbons (Fsp3) is 0.688. The predicted octanol–water partition coefficient (Wildman–Crippen LogP) is 2.07. The average Bonchev–Trinajstić information content (AvgIpc) is 2.70. The molecule has 0 aromatic carbocycles. The molecular weight excluding hydrogens is 302 g/mol. The third-order valence-corrected chi connectivity index (χ3v) is 4.62. The Bertz CT molecular complexity index is 543. The van der Waals surface area contributed by atoms with Crippen LogP contribution in [0.25, 0.3) is 0 Å². The first-order valence-electron chi connectivity index (χ1n) is 7.72. The van der Waals surface area contributed by atoms with Gasteiger partial charge in [0.05, 0.1) is 6.42 Å². The zero-order valence-electron chi connectivity index (χ0n) is 13.6. The summed E-state index contributed by atoms with van der Waals surface area (Å²) in [5.41, 5.74) is 0.816. The quantitative estimate of drug-likeness (QED) is 0.440. The Kier molecular flexibility index (Phi) is 4.97. The van der Waals surface area contributed by atoms with E-state index >= 15 is 0 Å². The van der Waals surface area contributed by atoms with E-state index in [-0.39, 0.29) is 18.9 Å². The van der Waals surface area contributed by atoms with Crippen LogP contribution < -0.4 is 5.32 Å². The lowest BCUT2D eigenvalue weighted by atomic mass is 9.53. The molecule has 2 aliphatic carbocycles. The van der Waals surface area contributed by atoms with Gasteiger partial charge in [0, 0.05) is 25.8 Å². The van der Waals surface area contributed by atoms with E-state index in [4.69, 9.17) is 9.47 Å². The highest BCUT2D eigenvalue weighted by Crippen LogP contribution is 2.59. The lowest BCUT2D eigenvalue weighted by Crippen LogP contribution is -2.53. The van der Waals surface area contributed by atoms with Crippen LogP contribution in [-0.2, 0) is 19.1 Å². The maximum Gasteiger partial charge on any atom is 0.410 e. The van der Waals surface area contributed by atoms with Crippen LogP contribution in [0.1, 0.15) is 40.0 Å². The molecule has 7 heteroatoms. The molecule has 0 heterocycles. The van der Waals surface area contributed by atoms with Crippen molar-refractivity contribution < 1.29 is 29.0 Å². The van der Waals surface area contributed by atoms with Crippen molar-refractivity contribution >= 4 is 18.0 Å². The number of carboxylic acids is 1. The molecule has 7 nitrogen and oxygen atoms in total. The van der Waals surface area contributed by atoms with E-state index in [1.807, 2.05) is 6.92 Å². The van der Waals surface area contributed by atoms with Crippen molar-refractivity contribution in [3.05, 3.63) is 11.6 Å². The van der Waals surface area contributed by atoms with Gasteiger partial charge in [-0.2, -0.15) is 0 Å². The number of nitrogens with one attached hydrogen (secondary N) is 1. The molecule has 128 valence electrons. The lowest BCUT2D eigenvalue weighted by Gasteiger charge is -2.51. The van der Waals surface area contributed by atoms with Gasteiger partial charge in [0.2, 0.25) is 6.29 Å². The summed E-state index contributed by atoms with van der Waals surface area (Å²) in [5.74, 6) is -0.747. The van der Waals surface area contributed by atoms with Gasteiger partial charge < -0.3 is 19.9 Å². The molecule has 0 aliphatic heterocycles. The standard InChI is InChI=1S/C16H23NO6/c1-9-4-12-6-16(7-14(19)20,13(12)5-9)8-17-15(21)23-11(3)22-10(2)18/h5,11-13H,4,6-8H2,1-3H3,(H,17,21)(H,19,20)/t11-,12-,13-,16-/m1/s1. The van der Waals surface area contributed by atoms with Crippen LogP contribution in [0, 0.1) is 17.3 Å². The Morgan fingerprint density at radius 2 is 2.13 bits per heavy atom. The fourth-order valence-corrected chi connectivity index (χ4v) is 3.87. The molecule has 0 radical (unpaired) electrons. The first kappa shape index (κ1) is 17.3. The molecule has 0 unspecified atom stereocenters. The minimum absolute atomic E-state index is 0.0116. The van der Waals surface area contributed by atoms with Gasteiger partial charge in [-0.05, 0) is 31.6 Å². The molecule has 2 aliphatic rings. The first-order chi connectivity index (χ1) is 10.7. The zero-order chi connectivity index (χ0) is 17.2.